The van der Waals surface area contributed by atoms with Crippen molar-refractivity contribution in [2.45, 2.75) is 6.54 Å². The lowest BCUT2D eigenvalue weighted by molar-refractivity contribution is -0.116. The third-order valence-corrected chi connectivity index (χ3v) is 5.55. The van der Waals surface area contributed by atoms with Crippen molar-refractivity contribution in [2.24, 2.45) is 0 Å². The lowest BCUT2D eigenvalue weighted by Crippen LogP contribution is -2.21. The lowest BCUT2D eigenvalue weighted by Gasteiger charge is -2.15. The first-order valence-corrected chi connectivity index (χ1v) is 10.2. The van der Waals surface area contributed by atoms with E-state index in [0.717, 1.165) is 16.7 Å². The number of amides is 1. The first-order valence-electron chi connectivity index (χ1n) is 9.78. The number of hydrogen-bond donors (Lipinski definition) is 2. The zero-order chi connectivity index (χ0) is 21.4. The van der Waals surface area contributed by atoms with Crippen LogP contribution >= 0.6 is 12.2 Å². The molecule has 5 rings (SSSR count). The zero-order valence-electron chi connectivity index (χ0n) is 16.4. The molecule has 0 saturated carbocycles. The highest BCUT2D eigenvalue weighted by atomic mass is 32.1. The molecule has 7 heteroatoms. The summed E-state index contributed by atoms with van der Waals surface area (Å²) >= 11 is 5.28. The number of aromatic amines is 1. The summed E-state index contributed by atoms with van der Waals surface area (Å²) in [5, 5.41) is 4.15. The number of benzene rings is 3. The van der Waals surface area contributed by atoms with Crippen molar-refractivity contribution in [2.75, 3.05) is 5.32 Å². The van der Waals surface area contributed by atoms with Crippen molar-refractivity contribution in [1.82, 2.24) is 14.1 Å². The fraction of sp³-hybridized carbons (Fsp3) is 0.0417. The minimum absolute atomic E-state index is 0.0289. The summed E-state index contributed by atoms with van der Waals surface area (Å²) in [6.07, 6.45) is 3.60. The van der Waals surface area contributed by atoms with Gasteiger partial charge in [-0.3, -0.25) is 14.2 Å². The number of imidazole rings is 1. The molecule has 0 aliphatic carbocycles. The predicted molar refractivity (Wildman–Crippen MR) is 125 cm³/mol. The maximum atomic E-state index is 13.0. The summed E-state index contributed by atoms with van der Waals surface area (Å²) in [4.78, 5) is 28.8. The summed E-state index contributed by atoms with van der Waals surface area (Å²) in [6.45, 7) is 0.0785. The standard InChI is InChI=1S/C24H18N4O2S/c29-22(26-16-6-5-7-17(14-16)27-13-12-25-24(27)31)15-28-20-10-3-1-8-18(20)23(30)19-9-2-4-11-21(19)28/h1-14H,15H2,(H,25,31)(H,26,29). The van der Waals surface area contributed by atoms with E-state index in [2.05, 4.69) is 10.3 Å². The van der Waals surface area contributed by atoms with Crippen LogP contribution in [0.5, 0.6) is 0 Å². The number of anilines is 1. The molecule has 0 bridgehead atoms. The van der Waals surface area contributed by atoms with Gasteiger partial charge in [0.15, 0.2) is 10.2 Å². The molecule has 2 heterocycles. The molecular weight excluding hydrogens is 408 g/mol. The van der Waals surface area contributed by atoms with Gasteiger partial charge in [0.1, 0.15) is 6.54 Å². The fourth-order valence-electron chi connectivity index (χ4n) is 3.85. The largest absolute Gasteiger partial charge is 0.337 e. The van der Waals surface area contributed by atoms with Crippen LogP contribution in [0.1, 0.15) is 0 Å². The number of fused-ring (bicyclic) bond motifs is 2. The third-order valence-electron chi connectivity index (χ3n) is 5.24. The summed E-state index contributed by atoms with van der Waals surface area (Å²) in [5.41, 5.74) is 2.95. The van der Waals surface area contributed by atoms with Crippen LogP contribution in [0.2, 0.25) is 0 Å². The third kappa shape index (κ3) is 3.45. The lowest BCUT2D eigenvalue weighted by atomic mass is 10.1. The smallest absolute Gasteiger partial charge is 0.244 e. The minimum atomic E-state index is -0.186. The molecule has 152 valence electrons. The van der Waals surface area contributed by atoms with Gasteiger partial charge in [-0.2, -0.15) is 0 Å². The topological polar surface area (TPSA) is 71.8 Å². The van der Waals surface area contributed by atoms with Gasteiger partial charge in [-0.05, 0) is 54.7 Å². The van der Waals surface area contributed by atoms with Crippen molar-refractivity contribution >= 4 is 45.6 Å². The molecule has 0 unspecified atom stereocenters. The number of H-pyrrole nitrogens is 1. The number of rotatable bonds is 4. The van der Waals surface area contributed by atoms with Gasteiger partial charge in [0, 0.05) is 34.5 Å². The number of hydrogen-bond acceptors (Lipinski definition) is 3. The molecule has 0 atom stereocenters. The zero-order valence-corrected chi connectivity index (χ0v) is 17.2. The van der Waals surface area contributed by atoms with E-state index >= 15 is 0 Å². The first kappa shape index (κ1) is 19.0. The van der Waals surface area contributed by atoms with E-state index in [4.69, 9.17) is 12.2 Å². The molecule has 6 nitrogen and oxygen atoms in total. The van der Waals surface area contributed by atoms with Gasteiger partial charge in [0.05, 0.1) is 11.0 Å². The van der Waals surface area contributed by atoms with Crippen LogP contribution in [0, 0.1) is 4.77 Å². The van der Waals surface area contributed by atoms with Gasteiger partial charge in [0.2, 0.25) is 5.91 Å². The van der Waals surface area contributed by atoms with Crippen LogP contribution < -0.4 is 10.7 Å². The normalized spacial score (nSPS) is 11.1. The average Bonchev–Trinajstić information content (AvgIpc) is 3.23. The Balaban J connectivity index is 1.52. The molecular formula is C24H18N4O2S. The molecule has 5 aromatic rings. The van der Waals surface area contributed by atoms with Crippen LogP contribution in [0.25, 0.3) is 27.5 Å². The Morgan fingerprint density at radius 2 is 1.61 bits per heavy atom. The van der Waals surface area contributed by atoms with Gasteiger partial charge in [-0.25, -0.2) is 0 Å². The highest BCUT2D eigenvalue weighted by Crippen LogP contribution is 2.20. The second-order valence-corrected chi connectivity index (χ2v) is 7.57. The molecule has 2 N–H and O–H groups in total. The Bertz CT molecular complexity index is 1500. The fourth-order valence-corrected chi connectivity index (χ4v) is 4.08. The van der Waals surface area contributed by atoms with E-state index < -0.39 is 0 Å². The van der Waals surface area contributed by atoms with Gasteiger partial charge in [0.25, 0.3) is 0 Å². The molecule has 0 fully saturated rings. The van der Waals surface area contributed by atoms with E-state index in [0.29, 0.717) is 21.2 Å². The Hall–Kier alpha value is -3.97. The molecule has 1 amide bonds. The van der Waals surface area contributed by atoms with E-state index in [1.807, 2.05) is 76.0 Å². The molecule has 31 heavy (non-hydrogen) atoms. The number of nitrogens with one attached hydrogen (secondary N) is 2. The van der Waals surface area contributed by atoms with Crippen molar-refractivity contribution < 1.29 is 4.79 Å². The summed E-state index contributed by atoms with van der Waals surface area (Å²) < 4.78 is 4.29. The number of carbonyl (C=O) groups is 1. The monoisotopic (exact) mass is 426 g/mol. The molecule has 0 spiro atoms. The second-order valence-electron chi connectivity index (χ2n) is 7.18. The number of pyridine rings is 1. The van der Waals surface area contributed by atoms with Crippen molar-refractivity contribution in [1.29, 1.82) is 0 Å². The van der Waals surface area contributed by atoms with Crippen LogP contribution in [0.4, 0.5) is 5.69 Å². The number of carbonyl (C=O) groups excluding carboxylic acids is 1. The van der Waals surface area contributed by atoms with Gasteiger partial charge >= 0.3 is 0 Å². The molecule has 3 aromatic carbocycles. The van der Waals surface area contributed by atoms with E-state index in [1.165, 1.54) is 0 Å². The number of nitrogens with zero attached hydrogens (tertiary/aromatic N) is 2. The van der Waals surface area contributed by atoms with Gasteiger partial charge < -0.3 is 14.9 Å². The summed E-state index contributed by atoms with van der Waals surface area (Å²) in [7, 11) is 0. The second kappa shape index (κ2) is 7.70. The summed E-state index contributed by atoms with van der Waals surface area (Å²) in [5.74, 6) is -0.186. The highest BCUT2D eigenvalue weighted by Gasteiger charge is 2.13. The Kier molecular flexibility index (Phi) is 4.72. The first-order chi connectivity index (χ1) is 15.1. The van der Waals surface area contributed by atoms with E-state index in [-0.39, 0.29) is 17.9 Å². The average molecular weight is 427 g/mol. The molecule has 2 aromatic heterocycles. The summed E-state index contributed by atoms with van der Waals surface area (Å²) in [6, 6.07) is 22.2. The Morgan fingerprint density at radius 3 is 2.26 bits per heavy atom. The number of aromatic nitrogens is 3. The predicted octanol–water partition coefficient (Wildman–Crippen LogP) is 4.64. The van der Waals surface area contributed by atoms with Crippen LogP contribution in [-0.2, 0) is 11.3 Å². The SMILES string of the molecule is O=C(Cn1c2ccccc2c(=O)c2ccccc21)Nc1cccc(-n2cc[nH]c2=S)c1. The maximum Gasteiger partial charge on any atom is 0.244 e. The quantitative estimate of drug-likeness (QED) is 0.325. The Morgan fingerprint density at radius 1 is 0.935 bits per heavy atom. The van der Waals surface area contributed by atoms with Crippen LogP contribution in [0.15, 0.2) is 90.0 Å². The molecule has 0 aliphatic heterocycles. The van der Waals surface area contributed by atoms with Crippen molar-refractivity contribution in [3.63, 3.8) is 0 Å². The maximum absolute atomic E-state index is 13.0. The highest BCUT2D eigenvalue weighted by molar-refractivity contribution is 7.71. The van der Waals surface area contributed by atoms with Gasteiger partial charge in [-0.15, -0.1) is 0 Å². The van der Waals surface area contributed by atoms with Crippen LogP contribution in [-0.4, -0.2) is 20.0 Å². The van der Waals surface area contributed by atoms with E-state index in [1.54, 1.807) is 18.3 Å². The minimum Gasteiger partial charge on any atom is -0.337 e. The Labute approximate surface area is 182 Å². The van der Waals surface area contributed by atoms with Gasteiger partial charge in [-0.1, -0.05) is 30.3 Å². The molecule has 0 saturated heterocycles. The van der Waals surface area contributed by atoms with E-state index in [9.17, 15) is 9.59 Å². The number of para-hydroxylation sites is 2. The van der Waals surface area contributed by atoms with Crippen molar-refractivity contribution in [3.05, 3.63) is 100 Å². The molecule has 0 radical (unpaired) electrons. The van der Waals surface area contributed by atoms with Crippen molar-refractivity contribution in [3.8, 4) is 5.69 Å². The molecule has 0 aliphatic rings. The van der Waals surface area contributed by atoms with Crippen LogP contribution in [0.3, 0.4) is 0 Å².